The zero-order valence-electron chi connectivity index (χ0n) is 10.4. The Hall–Kier alpha value is -1.82. The monoisotopic (exact) mass is 262 g/mol. The average molecular weight is 262 g/mol. The topological polar surface area (TPSA) is 77.8 Å². The molecule has 0 radical (unpaired) electrons. The molecule has 2 heterocycles. The smallest absolute Gasteiger partial charge is 0.230 e. The number of hydrogen-bond donors (Lipinski definition) is 1. The van der Waals surface area contributed by atoms with E-state index in [1.54, 1.807) is 6.07 Å². The van der Waals surface area contributed by atoms with Gasteiger partial charge in [0.05, 0.1) is 6.20 Å². The predicted octanol–water partition coefficient (Wildman–Crippen LogP) is 2.26. The molecular formula is C13H15FN4O. The third-order valence-corrected chi connectivity index (χ3v) is 3.52. The molecule has 0 aliphatic heterocycles. The van der Waals surface area contributed by atoms with Crippen molar-refractivity contribution in [2.75, 3.05) is 0 Å². The Balaban J connectivity index is 1.77. The van der Waals surface area contributed by atoms with Gasteiger partial charge in [0, 0.05) is 12.0 Å². The van der Waals surface area contributed by atoms with Crippen LogP contribution in [0.25, 0.3) is 11.5 Å². The lowest BCUT2D eigenvalue weighted by atomic mass is 9.86. The van der Waals surface area contributed by atoms with Crippen molar-refractivity contribution in [2.45, 2.75) is 37.6 Å². The lowest BCUT2D eigenvalue weighted by Gasteiger charge is -2.22. The Kier molecular flexibility index (Phi) is 3.25. The fourth-order valence-electron chi connectivity index (χ4n) is 2.38. The highest BCUT2D eigenvalue weighted by Gasteiger charge is 2.25. The van der Waals surface area contributed by atoms with Gasteiger partial charge in [-0.15, -0.1) is 0 Å². The van der Waals surface area contributed by atoms with Crippen molar-refractivity contribution in [1.29, 1.82) is 0 Å². The molecule has 2 N–H and O–H groups in total. The number of halogens is 1. The quantitative estimate of drug-likeness (QED) is 0.898. The molecule has 2 aromatic heterocycles. The second-order valence-corrected chi connectivity index (χ2v) is 4.93. The molecule has 1 aliphatic rings. The highest BCUT2D eigenvalue weighted by atomic mass is 19.1. The number of nitrogens with two attached hydrogens (primary N) is 1. The number of pyridine rings is 1. The minimum atomic E-state index is -0.381. The van der Waals surface area contributed by atoms with Gasteiger partial charge in [0.25, 0.3) is 0 Å². The molecule has 5 nitrogen and oxygen atoms in total. The lowest BCUT2D eigenvalue weighted by molar-refractivity contribution is 0.301. The third-order valence-electron chi connectivity index (χ3n) is 3.52. The first-order chi connectivity index (χ1) is 9.22. The van der Waals surface area contributed by atoms with Crippen molar-refractivity contribution in [3.8, 4) is 11.5 Å². The van der Waals surface area contributed by atoms with E-state index in [4.69, 9.17) is 10.3 Å². The van der Waals surface area contributed by atoms with E-state index >= 15 is 0 Å². The normalized spacial score (nSPS) is 23.5. The van der Waals surface area contributed by atoms with E-state index in [2.05, 4.69) is 15.1 Å². The Morgan fingerprint density at radius 1 is 1.21 bits per heavy atom. The summed E-state index contributed by atoms with van der Waals surface area (Å²) >= 11 is 0. The summed E-state index contributed by atoms with van der Waals surface area (Å²) in [7, 11) is 0. The first kappa shape index (κ1) is 12.2. The van der Waals surface area contributed by atoms with Crippen LogP contribution >= 0.6 is 0 Å². The highest BCUT2D eigenvalue weighted by molar-refractivity contribution is 5.47. The average Bonchev–Trinajstić information content (AvgIpc) is 2.90. The van der Waals surface area contributed by atoms with E-state index in [-0.39, 0.29) is 17.8 Å². The summed E-state index contributed by atoms with van der Waals surface area (Å²) in [5.41, 5.74) is 6.39. The van der Waals surface area contributed by atoms with Gasteiger partial charge in [0.15, 0.2) is 0 Å². The summed E-state index contributed by atoms with van der Waals surface area (Å²) in [6, 6.07) is 3.16. The van der Waals surface area contributed by atoms with Crippen LogP contribution in [0.2, 0.25) is 0 Å². The van der Waals surface area contributed by atoms with Crippen molar-refractivity contribution in [3.05, 3.63) is 30.0 Å². The Morgan fingerprint density at radius 3 is 2.68 bits per heavy atom. The summed E-state index contributed by atoms with van der Waals surface area (Å²) < 4.78 is 18.1. The first-order valence-electron chi connectivity index (χ1n) is 6.43. The molecule has 0 saturated heterocycles. The molecule has 0 unspecified atom stereocenters. The summed E-state index contributed by atoms with van der Waals surface area (Å²) in [6.45, 7) is 0. The van der Waals surface area contributed by atoms with Gasteiger partial charge in [-0.3, -0.25) is 0 Å². The molecule has 6 heteroatoms. The van der Waals surface area contributed by atoms with Gasteiger partial charge in [0.2, 0.25) is 11.7 Å². The number of nitrogens with zero attached hydrogens (tertiary/aromatic N) is 3. The standard InChI is InChI=1S/C13H15FN4O/c14-9-3-6-11(16-7-9)12-17-13(19-18-12)8-1-4-10(15)5-2-8/h3,6-8,10H,1-2,4-5,15H2. The van der Waals surface area contributed by atoms with Gasteiger partial charge in [-0.2, -0.15) is 4.98 Å². The van der Waals surface area contributed by atoms with E-state index in [1.165, 1.54) is 6.07 Å². The van der Waals surface area contributed by atoms with Crippen LogP contribution in [0.4, 0.5) is 4.39 Å². The van der Waals surface area contributed by atoms with E-state index in [0.717, 1.165) is 31.9 Å². The van der Waals surface area contributed by atoms with Gasteiger partial charge in [-0.1, -0.05) is 5.16 Å². The van der Waals surface area contributed by atoms with Crippen LogP contribution in [-0.4, -0.2) is 21.2 Å². The van der Waals surface area contributed by atoms with Crippen LogP contribution in [0, 0.1) is 5.82 Å². The van der Waals surface area contributed by atoms with Crippen molar-refractivity contribution in [1.82, 2.24) is 15.1 Å². The molecule has 2 aromatic rings. The van der Waals surface area contributed by atoms with Crippen LogP contribution in [0.15, 0.2) is 22.9 Å². The molecule has 0 spiro atoms. The van der Waals surface area contributed by atoms with Crippen molar-refractivity contribution < 1.29 is 8.91 Å². The van der Waals surface area contributed by atoms with Crippen molar-refractivity contribution >= 4 is 0 Å². The fraction of sp³-hybridized carbons (Fsp3) is 0.462. The minimum absolute atomic E-state index is 0.279. The van der Waals surface area contributed by atoms with E-state index in [1.807, 2.05) is 0 Å². The van der Waals surface area contributed by atoms with Gasteiger partial charge in [0.1, 0.15) is 11.5 Å². The summed E-state index contributed by atoms with van der Waals surface area (Å²) in [5, 5.41) is 3.91. The zero-order chi connectivity index (χ0) is 13.2. The third kappa shape index (κ3) is 2.63. The van der Waals surface area contributed by atoms with E-state index < -0.39 is 0 Å². The van der Waals surface area contributed by atoms with Gasteiger partial charge >= 0.3 is 0 Å². The molecule has 100 valence electrons. The molecule has 1 fully saturated rings. The second-order valence-electron chi connectivity index (χ2n) is 4.93. The summed E-state index contributed by atoms with van der Waals surface area (Å²) in [6.07, 6.45) is 5.05. The molecule has 1 saturated carbocycles. The SMILES string of the molecule is NC1CCC(c2nc(-c3ccc(F)cn3)no2)CC1. The van der Waals surface area contributed by atoms with E-state index in [0.29, 0.717) is 17.4 Å². The molecule has 3 rings (SSSR count). The largest absolute Gasteiger partial charge is 0.339 e. The van der Waals surface area contributed by atoms with Crippen molar-refractivity contribution in [3.63, 3.8) is 0 Å². The fourth-order valence-corrected chi connectivity index (χ4v) is 2.38. The Bertz CT molecular complexity index is 546. The number of aromatic nitrogens is 3. The number of hydrogen-bond acceptors (Lipinski definition) is 5. The molecule has 0 amide bonds. The van der Waals surface area contributed by atoms with Crippen molar-refractivity contribution in [2.24, 2.45) is 5.73 Å². The van der Waals surface area contributed by atoms with Gasteiger partial charge < -0.3 is 10.3 Å². The van der Waals surface area contributed by atoms with Gasteiger partial charge in [-0.25, -0.2) is 9.37 Å². The van der Waals surface area contributed by atoms with Crippen LogP contribution in [0.1, 0.15) is 37.5 Å². The molecule has 0 atom stereocenters. The summed E-state index contributed by atoms with van der Waals surface area (Å²) in [4.78, 5) is 8.29. The maximum Gasteiger partial charge on any atom is 0.230 e. The predicted molar refractivity (Wildman–Crippen MR) is 66.7 cm³/mol. The second kappa shape index (κ2) is 5.05. The van der Waals surface area contributed by atoms with Crippen LogP contribution in [0.3, 0.4) is 0 Å². The highest BCUT2D eigenvalue weighted by Crippen LogP contribution is 2.31. The maximum absolute atomic E-state index is 12.8. The molecule has 0 bridgehead atoms. The zero-order valence-corrected chi connectivity index (χ0v) is 10.4. The first-order valence-corrected chi connectivity index (χ1v) is 6.43. The molecule has 0 aromatic carbocycles. The van der Waals surface area contributed by atoms with Crippen LogP contribution in [-0.2, 0) is 0 Å². The lowest BCUT2D eigenvalue weighted by Crippen LogP contribution is -2.25. The molecule has 19 heavy (non-hydrogen) atoms. The van der Waals surface area contributed by atoms with E-state index in [9.17, 15) is 4.39 Å². The van der Waals surface area contributed by atoms with Gasteiger partial charge in [-0.05, 0) is 37.8 Å². The minimum Gasteiger partial charge on any atom is -0.339 e. The Morgan fingerprint density at radius 2 is 2.00 bits per heavy atom. The van der Waals surface area contributed by atoms with Crippen LogP contribution < -0.4 is 5.73 Å². The Labute approximate surface area is 110 Å². The number of rotatable bonds is 2. The maximum atomic E-state index is 12.8. The molecule has 1 aliphatic carbocycles. The molecular weight excluding hydrogens is 247 g/mol. The summed E-state index contributed by atoms with van der Waals surface area (Å²) in [5.74, 6) is 0.938. The van der Waals surface area contributed by atoms with Crippen LogP contribution in [0.5, 0.6) is 0 Å².